The fourth-order valence-corrected chi connectivity index (χ4v) is 2.92. The van der Waals surface area contributed by atoms with Gasteiger partial charge in [0.1, 0.15) is 10.6 Å². The number of halogens is 1. The molecule has 0 saturated carbocycles. The quantitative estimate of drug-likeness (QED) is 0.851. The topological polar surface area (TPSA) is 81.2 Å². The van der Waals surface area contributed by atoms with Crippen molar-refractivity contribution in [2.24, 2.45) is 0 Å². The van der Waals surface area contributed by atoms with Crippen LogP contribution in [0, 0.1) is 0 Å². The molecular formula is C13H14ClN3O3S. The SMILES string of the molecule is COc1ccc(C(C)NS(=O)(=O)c2cnc(Cl)nc2)cc1. The van der Waals surface area contributed by atoms with Gasteiger partial charge in [0.2, 0.25) is 15.3 Å². The summed E-state index contributed by atoms with van der Waals surface area (Å²) in [6.07, 6.45) is 2.33. The van der Waals surface area contributed by atoms with Crippen LogP contribution in [-0.2, 0) is 10.0 Å². The monoisotopic (exact) mass is 327 g/mol. The van der Waals surface area contributed by atoms with Gasteiger partial charge in [0.15, 0.2) is 0 Å². The van der Waals surface area contributed by atoms with Crippen molar-refractivity contribution < 1.29 is 13.2 Å². The van der Waals surface area contributed by atoms with Crippen LogP contribution in [0.3, 0.4) is 0 Å². The molecule has 0 radical (unpaired) electrons. The van der Waals surface area contributed by atoms with E-state index in [-0.39, 0.29) is 10.2 Å². The number of nitrogens with zero attached hydrogens (tertiary/aromatic N) is 2. The summed E-state index contributed by atoms with van der Waals surface area (Å²) in [6.45, 7) is 1.75. The summed E-state index contributed by atoms with van der Waals surface area (Å²) in [4.78, 5) is 7.30. The third-order valence-electron chi connectivity index (χ3n) is 2.85. The molecule has 0 spiro atoms. The van der Waals surface area contributed by atoms with Gasteiger partial charge in [0.25, 0.3) is 0 Å². The molecule has 8 heteroatoms. The first-order valence-corrected chi connectivity index (χ1v) is 7.92. The Morgan fingerprint density at radius 1 is 1.19 bits per heavy atom. The van der Waals surface area contributed by atoms with Gasteiger partial charge in [0, 0.05) is 6.04 Å². The Morgan fingerprint density at radius 3 is 2.29 bits per heavy atom. The smallest absolute Gasteiger partial charge is 0.244 e. The first kappa shape index (κ1) is 15.7. The van der Waals surface area contributed by atoms with Gasteiger partial charge in [-0.05, 0) is 36.2 Å². The summed E-state index contributed by atoms with van der Waals surface area (Å²) in [5, 5.41) is -0.00264. The predicted octanol–water partition coefficient (Wildman–Crippen LogP) is 2.18. The van der Waals surface area contributed by atoms with Gasteiger partial charge in [-0.1, -0.05) is 12.1 Å². The largest absolute Gasteiger partial charge is 0.497 e. The van der Waals surface area contributed by atoms with Crippen molar-refractivity contribution in [1.82, 2.24) is 14.7 Å². The Morgan fingerprint density at radius 2 is 1.76 bits per heavy atom. The zero-order valence-corrected chi connectivity index (χ0v) is 13.0. The summed E-state index contributed by atoms with van der Waals surface area (Å²) >= 11 is 5.54. The van der Waals surface area contributed by atoms with Crippen molar-refractivity contribution in [2.45, 2.75) is 17.9 Å². The van der Waals surface area contributed by atoms with Gasteiger partial charge < -0.3 is 4.74 Å². The highest BCUT2D eigenvalue weighted by Crippen LogP contribution is 2.19. The van der Waals surface area contributed by atoms with Crippen LogP contribution in [0.15, 0.2) is 41.6 Å². The highest BCUT2D eigenvalue weighted by atomic mass is 35.5. The molecule has 21 heavy (non-hydrogen) atoms. The average Bonchev–Trinajstić information content (AvgIpc) is 2.47. The molecule has 0 bridgehead atoms. The molecule has 0 aliphatic carbocycles. The van der Waals surface area contributed by atoms with E-state index in [4.69, 9.17) is 16.3 Å². The number of benzene rings is 1. The minimum Gasteiger partial charge on any atom is -0.497 e. The molecule has 0 fully saturated rings. The molecule has 0 aliphatic heterocycles. The van der Waals surface area contributed by atoms with Crippen LogP contribution in [0.4, 0.5) is 0 Å². The molecule has 112 valence electrons. The number of aromatic nitrogens is 2. The fraction of sp³-hybridized carbons (Fsp3) is 0.231. The van der Waals surface area contributed by atoms with E-state index in [1.165, 1.54) is 12.4 Å². The number of sulfonamides is 1. The van der Waals surface area contributed by atoms with Crippen LogP contribution in [0.5, 0.6) is 5.75 Å². The van der Waals surface area contributed by atoms with Crippen LogP contribution in [-0.4, -0.2) is 25.5 Å². The standard InChI is InChI=1S/C13H14ClN3O3S/c1-9(10-3-5-11(20-2)6-4-10)17-21(18,19)12-7-15-13(14)16-8-12/h3-9,17H,1-2H3. The Bertz CT molecular complexity index is 702. The molecule has 1 aromatic heterocycles. The van der Waals surface area contributed by atoms with E-state index < -0.39 is 16.1 Å². The van der Waals surface area contributed by atoms with Crippen molar-refractivity contribution in [3.63, 3.8) is 0 Å². The van der Waals surface area contributed by atoms with E-state index in [1.54, 1.807) is 38.3 Å². The van der Waals surface area contributed by atoms with Gasteiger partial charge in [-0.15, -0.1) is 0 Å². The minimum absolute atomic E-state index is 0.00264. The van der Waals surface area contributed by atoms with Gasteiger partial charge >= 0.3 is 0 Å². The first-order chi connectivity index (χ1) is 9.92. The zero-order chi connectivity index (χ0) is 15.5. The predicted molar refractivity (Wildman–Crippen MR) is 78.8 cm³/mol. The van der Waals surface area contributed by atoms with Crippen molar-refractivity contribution in [2.75, 3.05) is 7.11 Å². The van der Waals surface area contributed by atoms with E-state index in [1.807, 2.05) is 0 Å². The first-order valence-electron chi connectivity index (χ1n) is 6.06. The molecule has 2 rings (SSSR count). The summed E-state index contributed by atoms with van der Waals surface area (Å²) in [5.74, 6) is 0.708. The lowest BCUT2D eigenvalue weighted by atomic mass is 10.1. The van der Waals surface area contributed by atoms with Crippen LogP contribution >= 0.6 is 11.6 Å². The lowest BCUT2D eigenvalue weighted by molar-refractivity contribution is 0.414. The molecule has 1 atom stereocenters. The second-order valence-electron chi connectivity index (χ2n) is 4.30. The number of rotatable bonds is 5. The zero-order valence-electron chi connectivity index (χ0n) is 11.4. The minimum atomic E-state index is -3.71. The number of ether oxygens (including phenoxy) is 1. The molecule has 1 unspecified atom stereocenters. The highest BCUT2D eigenvalue weighted by Gasteiger charge is 2.19. The van der Waals surface area contributed by atoms with Crippen LogP contribution in [0.25, 0.3) is 0 Å². The van der Waals surface area contributed by atoms with Crippen molar-refractivity contribution >= 4 is 21.6 Å². The maximum absolute atomic E-state index is 12.2. The lowest BCUT2D eigenvalue weighted by Crippen LogP contribution is -2.27. The van der Waals surface area contributed by atoms with Gasteiger partial charge in [0.05, 0.1) is 19.5 Å². The summed E-state index contributed by atoms with van der Waals surface area (Å²) < 4.78 is 32.0. The Balaban J connectivity index is 2.17. The molecule has 1 N–H and O–H groups in total. The fourth-order valence-electron chi connectivity index (χ4n) is 1.70. The van der Waals surface area contributed by atoms with Crippen LogP contribution < -0.4 is 9.46 Å². The Kier molecular flexibility index (Phi) is 4.76. The number of nitrogens with one attached hydrogen (secondary N) is 1. The van der Waals surface area contributed by atoms with Crippen LogP contribution in [0.1, 0.15) is 18.5 Å². The molecular weight excluding hydrogens is 314 g/mol. The van der Waals surface area contributed by atoms with E-state index in [0.717, 1.165) is 5.56 Å². The number of hydrogen-bond donors (Lipinski definition) is 1. The van der Waals surface area contributed by atoms with Crippen LogP contribution in [0.2, 0.25) is 5.28 Å². The van der Waals surface area contributed by atoms with E-state index in [2.05, 4.69) is 14.7 Å². The number of hydrogen-bond acceptors (Lipinski definition) is 5. The summed E-state index contributed by atoms with van der Waals surface area (Å²) in [5.41, 5.74) is 0.814. The lowest BCUT2D eigenvalue weighted by Gasteiger charge is -2.14. The summed E-state index contributed by atoms with van der Waals surface area (Å²) in [7, 11) is -2.13. The van der Waals surface area contributed by atoms with Gasteiger partial charge in [-0.2, -0.15) is 0 Å². The maximum Gasteiger partial charge on any atom is 0.244 e. The normalized spacial score (nSPS) is 12.9. The van der Waals surface area contributed by atoms with Gasteiger partial charge in [-0.3, -0.25) is 0 Å². The van der Waals surface area contributed by atoms with E-state index in [9.17, 15) is 8.42 Å². The van der Waals surface area contributed by atoms with Gasteiger partial charge in [-0.25, -0.2) is 23.1 Å². The third-order valence-corrected chi connectivity index (χ3v) is 4.55. The molecule has 0 amide bonds. The molecule has 2 aromatic rings. The third kappa shape index (κ3) is 3.90. The van der Waals surface area contributed by atoms with Crippen molar-refractivity contribution in [3.05, 3.63) is 47.5 Å². The average molecular weight is 328 g/mol. The summed E-state index contributed by atoms with van der Waals surface area (Å²) in [6, 6.07) is 6.72. The molecule has 1 aromatic carbocycles. The molecule has 0 saturated heterocycles. The van der Waals surface area contributed by atoms with Crippen molar-refractivity contribution in [1.29, 1.82) is 0 Å². The molecule has 6 nitrogen and oxygen atoms in total. The molecule has 1 heterocycles. The number of methoxy groups -OCH3 is 1. The van der Waals surface area contributed by atoms with E-state index in [0.29, 0.717) is 5.75 Å². The maximum atomic E-state index is 12.2. The van der Waals surface area contributed by atoms with E-state index >= 15 is 0 Å². The Labute approximate surface area is 128 Å². The van der Waals surface area contributed by atoms with Crippen molar-refractivity contribution in [3.8, 4) is 5.75 Å². The highest BCUT2D eigenvalue weighted by molar-refractivity contribution is 7.89. The molecule has 0 aliphatic rings. The second-order valence-corrected chi connectivity index (χ2v) is 6.36. The Hall–Kier alpha value is -1.70. The second kappa shape index (κ2) is 6.38.